The van der Waals surface area contributed by atoms with Crippen LogP contribution in [0.5, 0.6) is 0 Å². The summed E-state index contributed by atoms with van der Waals surface area (Å²) in [5.41, 5.74) is 0.384. The molecule has 0 saturated heterocycles. The fourth-order valence-corrected chi connectivity index (χ4v) is 2.17. The largest absolute Gasteiger partial charge is 0.466 e. The van der Waals surface area contributed by atoms with E-state index in [1.54, 1.807) is 12.3 Å². The van der Waals surface area contributed by atoms with Gasteiger partial charge in [-0.15, -0.1) is 0 Å². The van der Waals surface area contributed by atoms with E-state index in [-0.39, 0.29) is 5.97 Å². The molecular formula is C14H17ClN2O2. The van der Waals surface area contributed by atoms with Crippen molar-refractivity contribution in [2.45, 2.75) is 27.3 Å². The first-order valence-corrected chi connectivity index (χ1v) is 6.59. The number of halogens is 1. The topological polar surface area (TPSA) is 44.1 Å². The molecule has 0 aromatic carbocycles. The Labute approximate surface area is 117 Å². The van der Waals surface area contributed by atoms with E-state index in [0.717, 1.165) is 10.9 Å². The first-order valence-electron chi connectivity index (χ1n) is 6.21. The zero-order valence-corrected chi connectivity index (χ0v) is 12.1. The van der Waals surface area contributed by atoms with Gasteiger partial charge < -0.3 is 9.30 Å². The van der Waals surface area contributed by atoms with E-state index in [4.69, 9.17) is 16.3 Å². The highest BCUT2D eigenvalue weighted by Gasteiger charge is 2.30. The summed E-state index contributed by atoms with van der Waals surface area (Å²) < 4.78 is 7.10. The Morgan fingerprint density at radius 1 is 1.53 bits per heavy atom. The van der Waals surface area contributed by atoms with E-state index in [2.05, 4.69) is 4.98 Å². The summed E-state index contributed by atoms with van der Waals surface area (Å²) in [7, 11) is 0. The second-order valence-corrected chi connectivity index (χ2v) is 5.50. The molecule has 4 nitrogen and oxygen atoms in total. The van der Waals surface area contributed by atoms with Gasteiger partial charge in [-0.1, -0.05) is 11.6 Å². The first-order chi connectivity index (χ1) is 8.94. The van der Waals surface area contributed by atoms with Crippen LogP contribution in [0, 0.1) is 5.41 Å². The highest BCUT2D eigenvalue weighted by atomic mass is 35.5. The lowest BCUT2D eigenvalue weighted by Crippen LogP contribution is -2.31. The molecular weight excluding hydrogens is 264 g/mol. The van der Waals surface area contributed by atoms with Crippen LogP contribution >= 0.6 is 11.6 Å². The average Bonchev–Trinajstić information content (AvgIpc) is 2.72. The number of rotatable bonds is 4. The summed E-state index contributed by atoms with van der Waals surface area (Å²) in [6, 6.07) is 3.76. The minimum absolute atomic E-state index is 0.197. The third-order valence-electron chi connectivity index (χ3n) is 3.02. The molecule has 0 amide bonds. The van der Waals surface area contributed by atoms with Gasteiger partial charge in [0.2, 0.25) is 0 Å². The SMILES string of the molecule is CCOC(=O)C(C)(C)Cn1ccc2cnc(Cl)cc21. The lowest BCUT2D eigenvalue weighted by Gasteiger charge is -2.23. The van der Waals surface area contributed by atoms with E-state index < -0.39 is 5.41 Å². The fourth-order valence-electron chi connectivity index (χ4n) is 2.01. The van der Waals surface area contributed by atoms with Crippen LogP contribution in [0.3, 0.4) is 0 Å². The van der Waals surface area contributed by atoms with Gasteiger partial charge >= 0.3 is 5.97 Å². The molecule has 0 radical (unpaired) electrons. The molecule has 0 saturated carbocycles. The molecule has 0 bridgehead atoms. The van der Waals surface area contributed by atoms with Crippen molar-refractivity contribution < 1.29 is 9.53 Å². The number of hydrogen-bond acceptors (Lipinski definition) is 3. The van der Waals surface area contributed by atoms with Crippen LogP contribution in [0.15, 0.2) is 24.5 Å². The van der Waals surface area contributed by atoms with E-state index in [0.29, 0.717) is 18.3 Å². The molecule has 0 spiro atoms. The van der Waals surface area contributed by atoms with Crippen LogP contribution in [-0.2, 0) is 16.1 Å². The Hall–Kier alpha value is -1.55. The first kappa shape index (κ1) is 13.9. The molecule has 2 heterocycles. The number of ether oxygens (including phenoxy) is 1. The summed E-state index contributed by atoms with van der Waals surface area (Å²) in [5.74, 6) is -0.197. The van der Waals surface area contributed by atoms with Gasteiger partial charge in [0.25, 0.3) is 0 Å². The van der Waals surface area contributed by atoms with Crippen LogP contribution in [0.25, 0.3) is 10.9 Å². The molecule has 0 aliphatic heterocycles. The maximum absolute atomic E-state index is 11.9. The lowest BCUT2D eigenvalue weighted by molar-refractivity contribution is -0.154. The van der Waals surface area contributed by atoms with E-state index >= 15 is 0 Å². The fraction of sp³-hybridized carbons (Fsp3) is 0.429. The van der Waals surface area contributed by atoms with Crippen molar-refractivity contribution in [2.75, 3.05) is 6.61 Å². The number of hydrogen-bond donors (Lipinski definition) is 0. The number of fused-ring (bicyclic) bond motifs is 1. The third kappa shape index (κ3) is 2.89. The van der Waals surface area contributed by atoms with Crippen LogP contribution < -0.4 is 0 Å². The van der Waals surface area contributed by atoms with E-state index in [1.165, 1.54) is 0 Å². The molecule has 0 aliphatic carbocycles. The number of nitrogens with zero attached hydrogens (tertiary/aromatic N) is 2. The molecule has 0 aliphatic rings. The Kier molecular flexibility index (Phi) is 3.80. The van der Waals surface area contributed by atoms with Gasteiger partial charge in [0, 0.05) is 24.3 Å². The molecule has 5 heteroatoms. The Balaban J connectivity index is 2.30. The van der Waals surface area contributed by atoms with Crippen molar-refractivity contribution in [3.05, 3.63) is 29.7 Å². The molecule has 2 aromatic rings. The standard InChI is InChI=1S/C14H17ClN2O2/c1-4-19-13(18)14(2,3)9-17-6-5-10-8-16-12(15)7-11(10)17/h5-8H,4,9H2,1-3H3. The summed E-state index contributed by atoms with van der Waals surface area (Å²) in [6.07, 6.45) is 3.66. The molecule has 0 N–H and O–H groups in total. The molecule has 0 unspecified atom stereocenters. The molecule has 0 atom stereocenters. The maximum atomic E-state index is 11.9. The molecule has 0 fully saturated rings. The van der Waals surface area contributed by atoms with Crippen LogP contribution in [0.4, 0.5) is 0 Å². The Bertz CT molecular complexity index is 605. The van der Waals surface area contributed by atoms with Gasteiger partial charge in [-0.05, 0) is 32.9 Å². The van der Waals surface area contributed by atoms with Crippen molar-refractivity contribution in [1.82, 2.24) is 9.55 Å². The quantitative estimate of drug-likeness (QED) is 0.638. The second-order valence-electron chi connectivity index (χ2n) is 5.11. The minimum atomic E-state index is -0.586. The predicted octanol–water partition coefficient (Wildman–Crippen LogP) is 3.28. The number of aromatic nitrogens is 2. The number of carbonyl (C=O) groups excluding carboxylic acids is 1. The normalized spacial score (nSPS) is 11.8. The van der Waals surface area contributed by atoms with Gasteiger partial charge in [0.05, 0.1) is 17.5 Å². The monoisotopic (exact) mass is 280 g/mol. The van der Waals surface area contributed by atoms with Gasteiger partial charge in [0.15, 0.2) is 0 Å². The lowest BCUT2D eigenvalue weighted by atomic mass is 9.93. The smallest absolute Gasteiger partial charge is 0.313 e. The molecule has 102 valence electrons. The number of pyridine rings is 1. The second kappa shape index (κ2) is 5.21. The molecule has 2 aromatic heterocycles. The number of carbonyl (C=O) groups is 1. The summed E-state index contributed by atoms with van der Waals surface area (Å²) >= 11 is 5.92. The van der Waals surface area contributed by atoms with Gasteiger partial charge in [-0.3, -0.25) is 4.79 Å². The van der Waals surface area contributed by atoms with Crippen LogP contribution in [0.2, 0.25) is 5.15 Å². The minimum Gasteiger partial charge on any atom is -0.466 e. The molecule has 2 rings (SSSR count). The maximum Gasteiger partial charge on any atom is 0.313 e. The van der Waals surface area contributed by atoms with Crippen molar-refractivity contribution in [1.29, 1.82) is 0 Å². The zero-order valence-electron chi connectivity index (χ0n) is 11.3. The molecule has 19 heavy (non-hydrogen) atoms. The van der Waals surface area contributed by atoms with Crippen LogP contribution in [0.1, 0.15) is 20.8 Å². The highest BCUT2D eigenvalue weighted by molar-refractivity contribution is 6.30. The third-order valence-corrected chi connectivity index (χ3v) is 3.22. The number of esters is 1. The van der Waals surface area contributed by atoms with Crippen molar-refractivity contribution in [3.63, 3.8) is 0 Å². The van der Waals surface area contributed by atoms with E-state index in [9.17, 15) is 4.79 Å². The van der Waals surface area contributed by atoms with Crippen molar-refractivity contribution in [3.8, 4) is 0 Å². The van der Waals surface area contributed by atoms with Crippen molar-refractivity contribution in [2.24, 2.45) is 5.41 Å². The van der Waals surface area contributed by atoms with E-state index in [1.807, 2.05) is 37.6 Å². The average molecular weight is 281 g/mol. The van der Waals surface area contributed by atoms with Crippen LogP contribution in [-0.4, -0.2) is 22.1 Å². The predicted molar refractivity (Wildman–Crippen MR) is 75.2 cm³/mol. The van der Waals surface area contributed by atoms with Gasteiger partial charge in [0.1, 0.15) is 5.15 Å². The highest BCUT2D eigenvalue weighted by Crippen LogP contribution is 2.25. The Morgan fingerprint density at radius 3 is 2.95 bits per heavy atom. The Morgan fingerprint density at radius 2 is 2.26 bits per heavy atom. The summed E-state index contributed by atoms with van der Waals surface area (Å²) in [6.45, 7) is 6.49. The summed E-state index contributed by atoms with van der Waals surface area (Å²) in [5, 5.41) is 1.45. The van der Waals surface area contributed by atoms with Gasteiger partial charge in [-0.2, -0.15) is 0 Å². The van der Waals surface area contributed by atoms with Crippen molar-refractivity contribution >= 4 is 28.5 Å². The zero-order chi connectivity index (χ0) is 14.0. The van der Waals surface area contributed by atoms with Gasteiger partial charge in [-0.25, -0.2) is 4.98 Å². The summed E-state index contributed by atoms with van der Waals surface area (Å²) in [4.78, 5) is 16.0.